The Hall–Kier alpha value is -4.39. The predicted octanol–water partition coefficient (Wildman–Crippen LogP) is 20.4. The molecule has 4 aromatic rings. The quantitative estimate of drug-likeness (QED) is 0.0222. The van der Waals surface area contributed by atoms with Crippen LogP contribution in [0, 0.1) is 25.7 Å². The maximum Gasteiger partial charge on any atom is 0.223 e. The molecule has 70 heavy (non-hydrogen) atoms. The van der Waals surface area contributed by atoms with Gasteiger partial charge < -0.3 is 15.7 Å². The Kier molecular flexibility index (Phi) is 36.4. The summed E-state index contributed by atoms with van der Waals surface area (Å²) in [6, 6.07) is 34.5. The van der Waals surface area contributed by atoms with Crippen molar-refractivity contribution in [3.8, 4) is 23.3 Å². The minimum absolute atomic E-state index is 0. The van der Waals surface area contributed by atoms with E-state index in [0.29, 0.717) is 11.5 Å². The van der Waals surface area contributed by atoms with Gasteiger partial charge in [-0.2, -0.15) is 0 Å². The third-order valence-corrected chi connectivity index (χ3v) is 13.2. The molecule has 0 unspecified atom stereocenters. The topological polar surface area (TPSA) is 65.8 Å². The van der Waals surface area contributed by atoms with E-state index in [4.69, 9.17) is 10.2 Å². The average Bonchev–Trinajstić information content (AvgIpc) is 3.63. The van der Waals surface area contributed by atoms with Crippen molar-refractivity contribution in [3.05, 3.63) is 148 Å². The SMILES string of the molecule is CCCCCCCCCCCCCCCCCCCCCCCCCC#CC1=C(c2cccc(C)c2)[N+](=[N-])C(c2cccc(C)c2)=C1CCCCCCCC.Oc1ccccc1.Oc1ccccc1.[Ni]. The first-order valence-electron chi connectivity index (χ1n) is 27.9. The molecular weight excluding hydrogens is 899 g/mol. The summed E-state index contributed by atoms with van der Waals surface area (Å²) in [4.78, 5) is 0. The molecule has 1 heterocycles. The van der Waals surface area contributed by atoms with E-state index in [1.807, 2.05) is 12.1 Å². The van der Waals surface area contributed by atoms with Crippen molar-refractivity contribution in [2.45, 2.75) is 227 Å². The van der Waals surface area contributed by atoms with Crippen LogP contribution in [0.25, 0.3) is 16.9 Å². The van der Waals surface area contributed by atoms with Crippen LogP contribution in [0.3, 0.4) is 0 Å². The summed E-state index contributed by atoms with van der Waals surface area (Å²) in [5.74, 6) is 7.86. The molecule has 0 aromatic heterocycles. The zero-order chi connectivity index (χ0) is 49.4. The zero-order valence-electron chi connectivity index (χ0n) is 44.4. The molecule has 5 rings (SSSR count). The Morgan fingerprint density at radius 1 is 0.414 bits per heavy atom. The van der Waals surface area contributed by atoms with Crippen LogP contribution in [-0.4, -0.2) is 14.9 Å². The molecule has 0 amide bonds. The summed E-state index contributed by atoms with van der Waals surface area (Å²) in [6.07, 6.45) is 41.8. The molecule has 5 heteroatoms. The van der Waals surface area contributed by atoms with Crippen molar-refractivity contribution in [3.63, 3.8) is 0 Å². The molecule has 0 aliphatic carbocycles. The Morgan fingerprint density at radius 3 is 1.10 bits per heavy atom. The molecule has 4 nitrogen and oxygen atoms in total. The average molecular weight is 994 g/mol. The number of nitrogens with zero attached hydrogens (tertiary/aromatic N) is 2. The largest absolute Gasteiger partial charge is 0.508 e. The Morgan fingerprint density at radius 2 is 0.757 bits per heavy atom. The minimum Gasteiger partial charge on any atom is -0.508 e. The molecule has 1 aliphatic heterocycles. The summed E-state index contributed by atoms with van der Waals surface area (Å²) in [5.41, 5.74) is 20.4. The fraction of sp³-hybridized carbons (Fsp3) is 0.538. The predicted molar refractivity (Wildman–Crippen MR) is 298 cm³/mol. The number of hydrogen-bond donors (Lipinski definition) is 2. The van der Waals surface area contributed by atoms with Crippen molar-refractivity contribution < 1.29 is 31.4 Å². The molecule has 0 radical (unpaired) electrons. The number of aryl methyl sites for hydroxylation is 2. The van der Waals surface area contributed by atoms with E-state index in [2.05, 4.69) is 88.1 Å². The number of phenols is 2. The monoisotopic (exact) mass is 993 g/mol. The summed E-state index contributed by atoms with van der Waals surface area (Å²) in [6.45, 7) is 8.84. The van der Waals surface area contributed by atoms with Crippen LogP contribution in [0.5, 0.6) is 11.5 Å². The number of phenolic OH excluding ortho intramolecular Hbond substituents is 2. The summed E-state index contributed by atoms with van der Waals surface area (Å²) < 4.78 is 1.46. The first-order chi connectivity index (χ1) is 33.8. The molecule has 0 atom stereocenters. The van der Waals surface area contributed by atoms with Crippen LogP contribution in [0.4, 0.5) is 0 Å². The van der Waals surface area contributed by atoms with Crippen LogP contribution in [0.15, 0.2) is 120 Å². The molecule has 1 aliphatic rings. The number of hydrogen-bond acceptors (Lipinski definition) is 2. The van der Waals surface area contributed by atoms with Gasteiger partial charge in [-0.15, -0.1) is 0 Å². The van der Waals surface area contributed by atoms with Gasteiger partial charge in [0.15, 0.2) is 0 Å². The number of benzene rings is 4. The van der Waals surface area contributed by atoms with E-state index in [1.54, 1.807) is 48.5 Å². The Balaban J connectivity index is 0.000000952. The van der Waals surface area contributed by atoms with Crippen molar-refractivity contribution in [2.24, 2.45) is 0 Å². The Labute approximate surface area is 438 Å². The molecule has 0 saturated carbocycles. The first kappa shape index (κ1) is 61.7. The number of unbranched alkanes of at least 4 members (excludes halogenated alkanes) is 28. The van der Waals surface area contributed by atoms with E-state index >= 15 is 0 Å². The fourth-order valence-corrected chi connectivity index (χ4v) is 9.22. The summed E-state index contributed by atoms with van der Waals surface area (Å²) in [7, 11) is 0. The van der Waals surface area contributed by atoms with Gasteiger partial charge >= 0.3 is 0 Å². The van der Waals surface area contributed by atoms with Gasteiger partial charge in [0, 0.05) is 39.6 Å². The third kappa shape index (κ3) is 27.9. The van der Waals surface area contributed by atoms with Crippen LogP contribution >= 0.6 is 0 Å². The van der Waals surface area contributed by atoms with Gasteiger partial charge in [0.2, 0.25) is 11.4 Å². The number of aromatic hydroxyl groups is 2. The normalized spacial score (nSPS) is 11.9. The number of para-hydroxylation sites is 2. The molecular formula is C65H94N2NiO2. The molecule has 4 aromatic carbocycles. The van der Waals surface area contributed by atoms with Crippen molar-refractivity contribution in [1.82, 2.24) is 0 Å². The van der Waals surface area contributed by atoms with E-state index in [0.717, 1.165) is 53.8 Å². The second-order valence-corrected chi connectivity index (χ2v) is 19.6. The van der Waals surface area contributed by atoms with Crippen LogP contribution in [0.1, 0.15) is 235 Å². The van der Waals surface area contributed by atoms with Gasteiger partial charge in [-0.1, -0.05) is 271 Å². The second-order valence-electron chi connectivity index (χ2n) is 19.6. The first-order valence-corrected chi connectivity index (χ1v) is 27.9. The molecule has 0 spiro atoms. The van der Waals surface area contributed by atoms with Gasteiger partial charge in [-0.25, -0.2) is 4.70 Å². The van der Waals surface area contributed by atoms with Crippen LogP contribution in [0.2, 0.25) is 0 Å². The van der Waals surface area contributed by atoms with Crippen LogP contribution < -0.4 is 0 Å². The minimum atomic E-state index is 0. The Bertz CT molecular complexity index is 2020. The third-order valence-electron chi connectivity index (χ3n) is 13.2. The van der Waals surface area contributed by atoms with Gasteiger partial charge in [0.05, 0.1) is 0 Å². The van der Waals surface area contributed by atoms with E-state index in [1.165, 1.54) is 195 Å². The van der Waals surface area contributed by atoms with Crippen molar-refractivity contribution in [1.29, 1.82) is 0 Å². The number of rotatable bonds is 32. The molecule has 2 N–H and O–H groups in total. The van der Waals surface area contributed by atoms with E-state index in [-0.39, 0.29) is 16.5 Å². The summed E-state index contributed by atoms with van der Waals surface area (Å²) >= 11 is 0. The maximum atomic E-state index is 11.9. The zero-order valence-corrected chi connectivity index (χ0v) is 45.4. The van der Waals surface area contributed by atoms with Gasteiger partial charge in [0.25, 0.3) is 0 Å². The van der Waals surface area contributed by atoms with Gasteiger partial charge in [-0.05, 0) is 81.6 Å². The second kappa shape index (κ2) is 41.3. The molecule has 0 fully saturated rings. The molecule has 0 bridgehead atoms. The van der Waals surface area contributed by atoms with E-state index < -0.39 is 0 Å². The maximum absolute atomic E-state index is 11.9. The van der Waals surface area contributed by atoms with Gasteiger partial charge in [-0.3, -0.25) is 0 Å². The van der Waals surface area contributed by atoms with Gasteiger partial charge in [0.1, 0.15) is 17.1 Å². The van der Waals surface area contributed by atoms with E-state index in [9.17, 15) is 5.53 Å². The standard InChI is InChI=1S/C53H82N2.2C6H6O.Ni/c1-5-7-9-11-13-14-15-16-17-18-19-20-21-22-23-24-25-26-27-28-29-30-31-33-35-43-51-50(42-34-32-12-10-8-6-2)52(48-40-36-38-46(3)44-48)55(54)53(51)49-41-37-39-47(4)45-49;2*7-6-4-2-1-3-5-6;/h36-41,44-45H,5-34,42H2,1-4H3;2*1-5,7H;. The fourth-order valence-electron chi connectivity index (χ4n) is 9.22. The van der Waals surface area contributed by atoms with Crippen molar-refractivity contribution in [2.75, 3.05) is 0 Å². The smallest absolute Gasteiger partial charge is 0.223 e. The molecule has 386 valence electrons. The summed E-state index contributed by atoms with van der Waals surface area (Å²) in [5, 5.41) is 17.3. The van der Waals surface area contributed by atoms with Crippen molar-refractivity contribution >= 4 is 11.4 Å². The number of allylic oxidation sites excluding steroid dienone is 2. The van der Waals surface area contributed by atoms with Crippen LogP contribution in [-0.2, 0) is 16.5 Å². The molecule has 0 saturated heterocycles.